The third-order valence-electron chi connectivity index (χ3n) is 3.93. The summed E-state index contributed by atoms with van der Waals surface area (Å²) in [6.07, 6.45) is 5.10. The first kappa shape index (κ1) is 14.1. The van der Waals surface area contributed by atoms with E-state index in [1.54, 1.807) is 17.0 Å². The fourth-order valence-corrected chi connectivity index (χ4v) is 3.31. The average Bonchev–Trinajstić information content (AvgIpc) is 3.25. The van der Waals surface area contributed by atoms with E-state index < -0.39 is 0 Å². The Kier molecular flexibility index (Phi) is 3.62. The van der Waals surface area contributed by atoms with Gasteiger partial charge in [0, 0.05) is 24.7 Å². The predicted octanol–water partition coefficient (Wildman–Crippen LogP) is 1.44. The van der Waals surface area contributed by atoms with Crippen LogP contribution in [-0.4, -0.2) is 43.8 Å². The summed E-state index contributed by atoms with van der Waals surface area (Å²) in [6.45, 7) is 1.54. The van der Waals surface area contributed by atoms with Crippen molar-refractivity contribution in [2.24, 2.45) is 5.92 Å². The monoisotopic (exact) mass is 329 g/mol. The molecule has 4 rings (SSSR count). The Morgan fingerprint density at radius 3 is 3.22 bits per heavy atom. The fraction of sp³-hybridized carbons (Fsp3) is 0.357. The van der Waals surface area contributed by atoms with Gasteiger partial charge in [-0.25, -0.2) is 4.98 Å². The second kappa shape index (κ2) is 5.92. The lowest BCUT2D eigenvalue weighted by Gasteiger charge is -2.32. The Bertz CT molecular complexity index is 816. The number of carbonyl (C=O) groups excluding carboxylic acids is 1. The molecular weight excluding hydrogens is 314 g/mol. The molecule has 0 aromatic carbocycles. The summed E-state index contributed by atoms with van der Waals surface area (Å²) in [6, 6.07) is 3.81. The van der Waals surface area contributed by atoms with Gasteiger partial charge in [-0.3, -0.25) is 4.79 Å². The Labute approximate surface area is 136 Å². The Morgan fingerprint density at radius 2 is 2.35 bits per heavy atom. The van der Waals surface area contributed by atoms with E-state index in [1.165, 1.54) is 11.3 Å². The smallest absolute Gasteiger partial charge is 0.231 e. The molecule has 3 aromatic rings. The van der Waals surface area contributed by atoms with E-state index in [1.807, 2.05) is 17.5 Å². The number of nitrogens with one attached hydrogen (secondary N) is 1. The van der Waals surface area contributed by atoms with Crippen LogP contribution < -0.4 is 10.2 Å². The molecule has 0 bridgehead atoms. The van der Waals surface area contributed by atoms with Crippen molar-refractivity contribution in [2.45, 2.75) is 12.8 Å². The first-order chi connectivity index (χ1) is 11.3. The maximum absolute atomic E-state index is 12.4. The lowest BCUT2D eigenvalue weighted by atomic mass is 9.97. The third-order valence-corrected chi connectivity index (χ3v) is 4.61. The number of piperidine rings is 1. The normalized spacial score (nSPS) is 18.3. The minimum absolute atomic E-state index is 0.0232. The molecule has 1 fully saturated rings. The molecule has 1 saturated heterocycles. The van der Waals surface area contributed by atoms with E-state index in [4.69, 9.17) is 0 Å². The lowest BCUT2D eigenvalue weighted by Crippen LogP contribution is -2.41. The van der Waals surface area contributed by atoms with Gasteiger partial charge >= 0.3 is 0 Å². The molecule has 118 valence electrons. The summed E-state index contributed by atoms with van der Waals surface area (Å²) in [5, 5.41) is 17.7. The molecule has 1 atom stereocenters. The van der Waals surface area contributed by atoms with E-state index >= 15 is 0 Å². The zero-order valence-corrected chi connectivity index (χ0v) is 13.1. The van der Waals surface area contributed by atoms with Crippen LogP contribution in [0.5, 0.6) is 0 Å². The Balaban J connectivity index is 1.48. The summed E-state index contributed by atoms with van der Waals surface area (Å²) < 4.78 is 1.65. The van der Waals surface area contributed by atoms with Gasteiger partial charge < -0.3 is 10.2 Å². The number of hydrogen-bond donors (Lipinski definition) is 1. The van der Waals surface area contributed by atoms with Crippen LogP contribution in [0.3, 0.4) is 0 Å². The highest BCUT2D eigenvalue weighted by atomic mass is 32.1. The number of nitrogens with zero attached hydrogens (tertiary/aromatic N) is 6. The summed E-state index contributed by atoms with van der Waals surface area (Å²) in [7, 11) is 0. The van der Waals surface area contributed by atoms with Gasteiger partial charge in [-0.05, 0) is 25.0 Å². The van der Waals surface area contributed by atoms with E-state index in [9.17, 15) is 4.79 Å². The molecule has 0 radical (unpaired) electrons. The van der Waals surface area contributed by atoms with Crippen molar-refractivity contribution in [3.63, 3.8) is 0 Å². The molecule has 0 aliphatic carbocycles. The van der Waals surface area contributed by atoms with Gasteiger partial charge in [0.2, 0.25) is 5.91 Å². The van der Waals surface area contributed by atoms with Gasteiger partial charge in [0.05, 0.1) is 5.92 Å². The second-order valence-corrected chi connectivity index (χ2v) is 6.33. The van der Waals surface area contributed by atoms with Crippen LogP contribution in [0.4, 0.5) is 10.9 Å². The predicted molar refractivity (Wildman–Crippen MR) is 86.5 cm³/mol. The zero-order chi connectivity index (χ0) is 15.6. The number of rotatable bonds is 3. The van der Waals surface area contributed by atoms with Crippen LogP contribution in [0.15, 0.2) is 30.0 Å². The van der Waals surface area contributed by atoms with E-state index in [-0.39, 0.29) is 11.8 Å². The molecule has 9 heteroatoms. The Hall–Kier alpha value is -2.55. The van der Waals surface area contributed by atoms with Gasteiger partial charge in [-0.15, -0.1) is 26.6 Å². The van der Waals surface area contributed by atoms with Crippen LogP contribution in [0.2, 0.25) is 0 Å². The first-order valence-corrected chi connectivity index (χ1v) is 8.30. The van der Waals surface area contributed by atoms with Crippen LogP contribution >= 0.6 is 11.3 Å². The minimum Gasteiger partial charge on any atom is -0.354 e. The number of amides is 1. The summed E-state index contributed by atoms with van der Waals surface area (Å²) in [5.74, 6) is 0.796. The van der Waals surface area contributed by atoms with Crippen molar-refractivity contribution in [2.75, 3.05) is 23.3 Å². The van der Waals surface area contributed by atoms with Gasteiger partial charge in [-0.1, -0.05) is 0 Å². The van der Waals surface area contributed by atoms with Gasteiger partial charge in [-0.2, -0.15) is 4.52 Å². The average molecular weight is 329 g/mol. The molecular formula is C14H15N7OS. The number of aromatic nitrogens is 5. The molecule has 3 aromatic heterocycles. The second-order valence-electron chi connectivity index (χ2n) is 5.44. The largest absolute Gasteiger partial charge is 0.354 e. The summed E-state index contributed by atoms with van der Waals surface area (Å²) in [5.41, 5.74) is 0.712. The van der Waals surface area contributed by atoms with Crippen molar-refractivity contribution >= 4 is 33.8 Å². The number of fused-ring (bicyclic) bond motifs is 1. The standard InChI is InChI=1S/C14H15N7OS/c22-13(17-14-15-5-7-23-14)10-2-1-6-20(8-10)12-4-3-11-18-16-9-21(11)19-12/h3-5,7,9-10H,1-2,6,8H2,(H,15,17,22)/t10-/m1/s1. The molecule has 23 heavy (non-hydrogen) atoms. The molecule has 0 saturated carbocycles. The molecule has 1 aliphatic rings. The van der Waals surface area contributed by atoms with Crippen LogP contribution in [-0.2, 0) is 4.79 Å². The van der Waals surface area contributed by atoms with Crippen LogP contribution in [0.25, 0.3) is 5.65 Å². The Morgan fingerprint density at radius 1 is 1.39 bits per heavy atom. The molecule has 8 nitrogen and oxygen atoms in total. The number of carbonyl (C=O) groups is 1. The molecule has 0 unspecified atom stereocenters. The lowest BCUT2D eigenvalue weighted by molar-refractivity contribution is -0.120. The number of anilines is 2. The first-order valence-electron chi connectivity index (χ1n) is 7.42. The number of hydrogen-bond acceptors (Lipinski definition) is 7. The van der Waals surface area contributed by atoms with Crippen LogP contribution in [0.1, 0.15) is 12.8 Å². The highest BCUT2D eigenvalue weighted by Gasteiger charge is 2.27. The van der Waals surface area contributed by atoms with Crippen LogP contribution in [0, 0.1) is 5.92 Å². The van der Waals surface area contributed by atoms with Gasteiger partial charge in [0.15, 0.2) is 10.8 Å². The molecule has 0 spiro atoms. The molecule has 1 aliphatic heterocycles. The van der Waals surface area contributed by atoms with Crippen molar-refractivity contribution in [1.82, 2.24) is 24.8 Å². The topological polar surface area (TPSA) is 88.3 Å². The zero-order valence-electron chi connectivity index (χ0n) is 12.3. The highest BCUT2D eigenvalue weighted by molar-refractivity contribution is 7.13. The van der Waals surface area contributed by atoms with Crippen molar-refractivity contribution in [1.29, 1.82) is 0 Å². The molecule has 4 heterocycles. The SMILES string of the molecule is O=C(Nc1nccs1)[C@@H]1CCCN(c2ccc3nncn3n2)C1. The van der Waals surface area contributed by atoms with Gasteiger partial charge in [0.25, 0.3) is 0 Å². The summed E-state index contributed by atoms with van der Waals surface area (Å²) in [4.78, 5) is 18.6. The molecule has 1 amide bonds. The van der Waals surface area contributed by atoms with E-state index in [2.05, 4.69) is 30.5 Å². The highest BCUT2D eigenvalue weighted by Crippen LogP contribution is 2.23. The fourth-order valence-electron chi connectivity index (χ4n) is 2.78. The maximum Gasteiger partial charge on any atom is 0.231 e. The summed E-state index contributed by atoms with van der Waals surface area (Å²) >= 11 is 1.43. The third kappa shape index (κ3) is 2.87. The van der Waals surface area contributed by atoms with Crippen molar-refractivity contribution in [3.05, 3.63) is 30.0 Å². The minimum atomic E-state index is -0.0638. The van der Waals surface area contributed by atoms with Crippen molar-refractivity contribution < 1.29 is 4.79 Å². The maximum atomic E-state index is 12.4. The van der Waals surface area contributed by atoms with E-state index in [0.717, 1.165) is 25.2 Å². The van der Waals surface area contributed by atoms with Gasteiger partial charge in [0.1, 0.15) is 12.1 Å². The van der Waals surface area contributed by atoms with E-state index in [0.29, 0.717) is 17.3 Å². The molecule has 1 N–H and O–H groups in total. The van der Waals surface area contributed by atoms with Crippen molar-refractivity contribution in [3.8, 4) is 0 Å². The number of thiazole rings is 1. The quantitative estimate of drug-likeness (QED) is 0.782.